The zero-order valence-electron chi connectivity index (χ0n) is 13.2. The summed E-state index contributed by atoms with van der Waals surface area (Å²) in [7, 11) is 0. The second-order valence-corrected chi connectivity index (χ2v) is 6.01. The van der Waals surface area contributed by atoms with E-state index in [-0.39, 0.29) is 36.6 Å². The first kappa shape index (κ1) is 18.2. The van der Waals surface area contributed by atoms with Gasteiger partial charge in [0.1, 0.15) is 6.10 Å². The van der Waals surface area contributed by atoms with Gasteiger partial charge in [0.15, 0.2) is 0 Å². The molecule has 0 bridgehead atoms. The highest BCUT2D eigenvalue weighted by atomic mass is 35.5. The van der Waals surface area contributed by atoms with Crippen molar-refractivity contribution < 1.29 is 14.3 Å². The van der Waals surface area contributed by atoms with Gasteiger partial charge in [-0.25, -0.2) is 0 Å². The van der Waals surface area contributed by atoms with E-state index in [9.17, 15) is 4.79 Å². The normalized spacial score (nSPS) is 27.5. The van der Waals surface area contributed by atoms with E-state index in [4.69, 9.17) is 15.2 Å². The van der Waals surface area contributed by atoms with Crippen LogP contribution >= 0.6 is 12.4 Å². The van der Waals surface area contributed by atoms with Gasteiger partial charge in [-0.3, -0.25) is 4.79 Å². The number of amides is 1. The van der Waals surface area contributed by atoms with Crippen LogP contribution in [-0.4, -0.2) is 55.4 Å². The van der Waals surface area contributed by atoms with Gasteiger partial charge in [-0.2, -0.15) is 0 Å². The third-order valence-corrected chi connectivity index (χ3v) is 4.47. The van der Waals surface area contributed by atoms with E-state index in [0.29, 0.717) is 26.3 Å². The van der Waals surface area contributed by atoms with Gasteiger partial charge in [0.2, 0.25) is 0 Å². The van der Waals surface area contributed by atoms with Gasteiger partial charge in [0.05, 0.1) is 25.4 Å². The average molecular weight is 341 g/mol. The monoisotopic (exact) mass is 340 g/mol. The Morgan fingerprint density at radius 3 is 2.74 bits per heavy atom. The molecule has 1 aromatic rings. The maximum atomic E-state index is 12.8. The molecule has 0 spiro atoms. The van der Waals surface area contributed by atoms with Gasteiger partial charge in [-0.05, 0) is 24.8 Å². The van der Waals surface area contributed by atoms with Crippen LogP contribution in [0.5, 0.6) is 0 Å². The predicted molar refractivity (Wildman–Crippen MR) is 90.7 cm³/mol. The van der Waals surface area contributed by atoms with Gasteiger partial charge >= 0.3 is 0 Å². The Hall–Kier alpha value is -1.14. The Balaban J connectivity index is 0.00000192. The minimum Gasteiger partial charge on any atom is -0.377 e. The molecular formula is C17H25ClN2O3. The largest absolute Gasteiger partial charge is 0.377 e. The van der Waals surface area contributed by atoms with Crippen molar-refractivity contribution in [3.8, 4) is 0 Å². The number of nitrogens with zero attached hydrogens (tertiary/aromatic N) is 1. The van der Waals surface area contributed by atoms with E-state index >= 15 is 0 Å². The van der Waals surface area contributed by atoms with Crippen molar-refractivity contribution in [2.24, 2.45) is 5.73 Å². The number of benzene rings is 1. The highest BCUT2D eigenvalue weighted by Gasteiger charge is 2.36. The molecule has 0 aliphatic carbocycles. The zero-order chi connectivity index (χ0) is 15.4. The topological polar surface area (TPSA) is 64.8 Å². The SMILES string of the molecule is Cl.NC[C@H]1CC[C@@H](C(=O)N2CCOCC2Cc2ccccc2)O1. The summed E-state index contributed by atoms with van der Waals surface area (Å²) in [5, 5.41) is 0. The van der Waals surface area contributed by atoms with E-state index < -0.39 is 0 Å². The highest BCUT2D eigenvalue weighted by Crippen LogP contribution is 2.23. The minimum absolute atomic E-state index is 0. The van der Waals surface area contributed by atoms with Crippen LogP contribution in [0.1, 0.15) is 18.4 Å². The van der Waals surface area contributed by atoms with E-state index in [1.807, 2.05) is 23.1 Å². The number of carbonyl (C=O) groups excluding carboxylic acids is 1. The Kier molecular flexibility index (Phi) is 6.84. The molecule has 3 atom stereocenters. The van der Waals surface area contributed by atoms with Crippen molar-refractivity contribution in [2.45, 2.75) is 37.5 Å². The van der Waals surface area contributed by atoms with Gasteiger partial charge in [-0.15, -0.1) is 12.4 Å². The second kappa shape index (κ2) is 8.64. The number of nitrogens with two attached hydrogens (primary N) is 1. The van der Waals surface area contributed by atoms with Crippen LogP contribution < -0.4 is 5.73 Å². The molecule has 0 aromatic heterocycles. The molecule has 1 unspecified atom stereocenters. The van der Waals surface area contributed by atoms with Crippen LogP contribution in [0, 0.1) is 0 Å². The fourth-order valence-corrected chi connectivity index (χ4v) is 3.25. The standard InChI is InChI=1S/C17H24N2O3.ClH/c18-11-15-6-7-16(22-15)17(20)19-8-9-21-12-14(19)10-13-4-2-1-3-5-13;/h1-5,14-16H,6-12,18H2;1H/t14?,15-,16+;/m1./s1. The van der Waals surface area contributed by atoms with Gasteiger partial charge in [0, 0.05) is 13.1 Å². The summed E-state index contributed by atoms with van der Waals surface area (Å²) in [4.78, 5) is 14.7. The number of hydrogen-bond donors (Lipinski definition) is 1. The Morgan fingerprint density at radius 2 is 2.04 bits per heavy atom. The Morgan fingerprint density at radius 1 is 1.26 bits per heavy atom. The first-order valence-corrected chi connectivity index (χ1v) is 8.05. The van der Waals surface area contributed by atoms with E-state index in [1.165, 1.54) is 5.56 Å². The lowest BCUT2D eigenvalue weighted by Crippen LogP contribution is -2.53. The summed E-state index contributed by atoms with van der Waals surface area (Å²) in [6.07, 6.45) is 2.17. The summed E-state index contributed by atoms with van der Waals surface area (Å²) in [6.45, 7) is 2.32. The van der Waals surface area contributed by atoms with Crippen molar-refractivity contribution in [3.05, 3.63) is 35.9 Å². The quantitative estimate of drug-likeness (QED) is 0.899. The maximum absolute atomic E-state index is 12.8. The third kappa shape index (κ3) is 4.44. The molecule has 128 valence electrons. The van der Waals surface area contributed by atoms with Crippen molar-refractivity contribution in [2.75, 3.05) is 26.3 Å². The lowest BCUT2D eigenvalue weighted by molar-refractivity contribution is -0.151. The molecule has 2 N–H and O–H groups in total. The summed E-state index contributed by atoms with van der Waals surface area (Å²) in [5.41, 5.74) is 6.86. The Bertz CT molecular complexity index is 500. The number of rotatable bonds is 4. The first-order chi connectivity index (χ1) is 10.8. The molecule has 2 saturated heterocycles. The third-order valence-electron chi connectivity index (χ3n) is 4.47. The van der Waals surface area contributed by atoms with E-state index in [1.54, 1.807) is 0 Å². The van der Waals surface area contributed by atoms with Crippen molar-refractivity contribution in [1.29, 1.82) is 0 Å². The molecule has 2 aliphatic rings. The molecule has 5 nitrogen and oxygen atoms in total. The van der Waals surface area contributed by atoms with Gasteiger partial charge in [-0.1, -0.05) is 30.3 Å². The van der Waals surface area contributed by atoms with Crippen molar-refractivity contribution in [1.82, 2.24) is 4.90 Å². The fourth-order valence-electron chi connectivity index (χ4n) is 3.25. The number of hydrogen-bond acceptors (Lipinski definition) is 4. The molecule has 0 saturated carbocycles. The smallest absolute Gasteiger partial charge is 0.252 e. The summed E-state index contributed by atoms with van der Waals surface area (Å²) < 4.78 is 11.4. The average Bonchev–Trinajstić information content (AvgIpc) is 3.05. The lowest BCUT2D eigenvalue weighted by atomic mass is 10.0. The lowest BCUT2D eigenvalue weighted by Gasteiger charge is -2.37. The predicted octanol–water partition coefficient (Wildman–Crippen LogP) is 1.38. The number of halogens is 1. The maximum Gasteiger partial charge on any atom is 0.252 e. The fraction of sp³-hybridized carbons (Fsp3) is 0.588. The summed E-state index contributed by atoms with van der Waals surface area (Å²) >= 11 is 0. The number of morpholine rings is 1. The van der Waals surface area contributed by atoms with Gasteiger partial charge in [0.25, 0.3) is 5.91 Å². The molecule has 3 rings (SSSR count). The molecule has 0 radical (unpaired) electrons. The number of carbonyl (C=O) groups is 1. The molecule has 1 aromatic carbocycles. The van der Waals surface area contributed by atoms with Crippen LogP contribution in [0.25, 0.3) is 0 Å². The van der Waals surface area contributed by atoms with Crippen LogP contribution in [0.15, 0.2) is 30.3 Å². The van der Waals surface area contributed by atoms with Crippen LogP contribution in [-0.2, 0) is 20.7 Å². The van der Waals surface area contributed by atoms with E-state index in [0.717, 1.165) is 19.3 Å². The molecule has 2 heterocycles. The molecule has 6 heteroatoms. The second-order valence-electron chi connectivity index (χ2n) is 6.01. The summed E-state index contributed by atoms with van der Waals surface area (Å²) in [5.74, 6) is 0.0974. The molecular weight excluding hydrogens is 316 g/mol. The van der Waals surface area contributed by atoms with E-state index in [2.05, 4.69) is 12.1 Å². The summed E-state index contributed by atoms with van der Waals surface area (Å²) in [6, 6.07) is 10.3. The van der Waals surface area contributed by atoms with Crippen LogP contribution in [0.3, 0.4) is 0 Å². The van der Waals surface area contributed by atoms with Crippen LogP contribution in [0.2, 0.25) is 0 Å². The minimum atomic E-state index is -0.329. The molecule has 2 aliphatic heterocycles. The molecule has 2 fully saturated rings. The van der Waals surface area contributed by atoms with Crippen molar-refractivity contribution >= 4 is 18.3 Å². The number of ether oxygens (including phenoxy) is 2. The van der Waals surface area contributed by atoms with Gasteiger partial charge < -0.3 is 20.1 Å². The first-order valence-electron chi connectivity index (χ1n) is 8.05. The molecule has 23 heavy (non-hydrogen) atoms. The highest BCUT2D eigenvalue weighted by molar-refractivity contribution is 5.85. The van der Waals surface area contributed by atoms with Crippen molar-refractivity contribution in [3.63, 3.8) is 0 Å². The zero-order valence-corrected chi connectivity index (χ0v) is 14.0. The molecule has 1 amide bonds. The Labute approximate surface area is 143 Å². The van der Waals surface area contributed by atoms with Crippen LogP contribution in [0.4, 0.5) is 0 Å².